The largest absolute Gasteiger partial charge is 0.547 e. The Labute approximate surface area is 324 Å². The molecule has 1 amide bonds. The second-order valence-electron chi connectivity index (χ2n) is 17.5. The lowest BCUT2D eigenvalue weighted by atomic mass is 9.66. The number of ether oxygens (including phenoxy) is 3. The second-order valence-corrected chi connectivity index (χ2v) is 17.5. The van der Waals surface area contributed by atoms with Crippen LogP contribution in [0.2, 0.25) is 0 Å². The Hall–Kier alpha value is -2.40. The zero-order valence-electron chi connectivity index (χ0n) is 32.2. The van der Waals surface area contributed by atoms with Gasteiger partial charge in [0.05, 0.1) is 48.7 Å². The van der Waals surface area contributed by atoms with Crippen LogP contribution >= 0.6 is 0 Å². The number of aliphatic imine (C=N–C) groups is 1. The molecule has 14 heteroatoms. The first-order chi connectivity index (χ1) is 26.4. The van der Waals surface area contributed by atoms with Crippen molar-refractivity contribution in [3.8, 4) is 0 Å². The predicted octanol–water partition coefficient (Wildman–Crippen LogP) is -0.703. The molecular weight excluding hydrogens is 710 g/mol. The van der Waals surface area contributed by atoms with Gasteiger partial charge in [-0.05, 0) is 75.5 Å². The topological polar surface area (TPSA) is 245 Å². The number of aliphatic hydroxyl groups excluding tert-OH is 4. The number of primary amides is 1. The van der Waals surface area contributed by atoms with E-state index in [4.69, 9.17) is 19.9 Å². The molecule has 0 aromatic rings. The fraction of sp³-hybridized carbons (Fsp3) is 0.805. The molecule has 0 aromatic heterocycles. The SMILES string of the molecule is CC(CC=CC1CCCCC1)C(C[NH2+]CC1(O)C(OC2CCC3C(C2)[OH+]C(C(N)=O)C(C2CCC(O)CC2)C3O)OC(C(=O)[O-])C(O)C1O)CC1=C[CH+]N=C1. The molecule has 14 nitrogen and oxygen atoms in total. The van der Waals surface area contributed by atoms with Gasteiger partial charge in [0.25, 0.3) is 5.91 Å². The Kier molecular flexibility index (Phi) is 14.5. The number of nitrogens with zero attached hydrogens (tertiary/aromatic N) is 1. The summed E-state index contributed by atoms with van der Waals surface area (Å²) in [4.78, 5) is 28.9. The molecule has 6 rings (SSSR count). The number of amides is 1. The maximum absolute atomic E-state index is 12.7. The first-order valence-corrected chi connectivity index (χ1v) is 20.8. The first kappa shape index (κ1) is 42.2. The fourth-order valence-corrected chi connectivity index (χ4v) is 10.4. The minimum Gasteiger partial charge on any atom is -0.547 e. The number of nitrogens with two attached hydrogens (primary N) is 2. The molecule has 0 spiro atoms. The van der Waals surface area contributed by atoms with Gasteiger partial charge in [-0.15, -0.1) is 4.99 Å². The number of hydrogen-bond donors (Lipinski definition) is 7. The maximum Gasteiger partial charge on any atom is 0.297 e. The van der Waals surface area contributed by atoms with Crippen molar-refractivity contribution >= 4 is 18.1 Å². The molecule has 13 unspecified atom stereocenters. The molecule has 5 fully saturated rings. The number of fused-ring (bicyclic) bond motifs is 1. The van der Waals surface area contributed by atoms with Crippen LogP contribution in [0.15, 0.2) is 28.8 Å². The van der Waals surface area contributed by atoms with Crippen LogP contribution in [0.1, 0.15) is 96.8 Å². The zero-order valence-corrected chi connectivity index (χ0v) is 32.2. The summed E-state index contributed by atoms with van der Waals surface area (Å²) in [5.41, 5.74) is 4.75. The number of rotatable bonds is 15. The highest BCUT2D eigenvalue weighted by Gasteiger charge is 2.60. The summed E-state index contributed by atoms with van der Waals surface area (Å²) in [6, 6.07) is 0. The second kappa shape index (κ2) is 18.9. The summed E-state index contributed by atoms with van der Waals surface area (Å²) < 4.78 is 16.9. The Morgan fingerprint density at radius 3 is 2.53 bits per heavy atom. The summed E-state index contributed by atoms with van der Waals surface area (Å²) in [6.07, 6.45) is 9.44. The zero-order chi connectivity index (χ0) is 39.3. The van der Waals surface area contributed by atoms with Crippen LogP contribution in [0, 0.1) is 42.1 Å². The van der Waals surface area contributed by atoms with Gasteiger partial charge in [0, 0.05) is 18.8 Å². The molecule has 10 N–H and O–H groups in total. The summed E-state index contributed by atoms with van der Waals surface area (Å²) in [5, 5.41) is 69.8. The molecule has 0 bridgehead atoms. The van der Waals surface area contributed by atoms with E-state index < -0.39 is 72.4 Å². The number of hydrogen-bond acceptors (Lipinski definition) is 11. The number of carboxylic acid groups (broad SMARTS) is 1. The molecule has 3 saturated carbocycles. The van der Waals surface area contributed by atoms with E-state index in [1.807, 2.05) is 17.6 Å². The number of quaternary nitrogens is 1. The van der Waals surface area contributed by atoms with Crippen LogP contribution < -0.4 is 16.2 Å². The lowest BCUT2D eigenvalue weighted by molar-refractivity contribution is -0.680. The van der Waals surface area contributed by atoms with E-state index in [-0.39, 0.29) is 42.7 Å². The van der Waals surface area contributed by atoms with E-state index in [0.29, 0.717) is 51.0 Å². The van der Waals surface area contributed by atoms with Crippen molar-refractivity contribution < 1.29 is 59.8 Å². The molecule has 2 saturated heterocycles. The monoisotopic (exact) mass is 775 g/mol. The molecule has 13 atom stereocenters. The third-order valence-corrected chi connectivity index (χ3v) is 13.7. The summed E-state index contributed by atoms with van der Waals surface area (Å²) in [7, 11) is 0. The molecule has 3 heterocycles. The average Bonchev–Trinajstić information content (AvgIpc) is 3.68. The first-order valence-electron chi connectivity index (χ1n) is 20.8. The molecule has 55 heavy (non-hydrogen) atoms. The third kappa shape index (κ3) is 10.0. The van der Waals surface area contributed by atoms with Crippen LogP contribution in [-0.2, 0) is 19.1 Å². The van der Waals surface area contributed by atoms with Crippen LogP contribution in [0.4, 0.5) is 0 Å². The summed E-state index contributed by atoms with van der Waals surface area (Å²) in [5.74, 6) is -1.98. The van der Waals surface area contributed by atoms with Crippen molar-refractivity contribution in [2.45, 2.75) is 158 Å². The average molecular weight is 776 g/mol. The van der Waals surface area contributed by atoms with Gasteiger partial charge >= 0.3 is 0 Å². The Balaban J connectivity index is 1.12. The van der Waals surface area contributed by atoms with Crippen LogP contribution in [0.5, 0.6) is 0 Å². The fourth-order valence-electron chi connectivity index (χ4n) is 10.4. The lowest BCUT2D eigenvalue weighted by Crippen LogP contribution is -2.93. The van der Waals surface area contributed by atoms with Gasteiger partial charge in [-0.3, -0.25) is 4.79 Å². The molecule has 0 radical (unpaired) electrons. The van der Waals surface area contributed by atoms with Gasteiger partial charge in [-0.1, -0.05) is 38.3 Å². The Morgan fingerprint density at radius 2 is 1.85 bits per heavy atom. The number of carbonyl (C=O) groups excluding carboxylic acids is 2. The van der Waals surface area contributed by atoms with E-state index in [9.17, 15) is 40.2 Å². The van der Waals surface area contributed by atoms with Crippen molar-refractivity contribution in [3.63, 3.8) is 0 Å². The summed E-state index contributed by atoms with van der Waals surface area (Å²) >= 11 is 0. The van der Waals surface area contributed by atoms with Crippen LogP contribution in [0.3, 0.4) is 0 Å². The third-order valence-electron chi connectivity index (χ3n) is 13.7. The number of carboxylic acids is 1. The van der Waals surface area contributed by atoms with Crippen molar-refractivity contribution in [2.24, 2.45) is 46.2 Å². The Morgan fingerprint density at radius 1 is 1.11 bits per heavy atom. The van der Waals surface area contributed by atoms with Gasteiger partial charge in [0.2, 0.25) is 6.10 Å². The van der Waals surface area contributed by atoms with E-state index >= 15 is 0 Å². The van der Waals surface area contributed by atoms with E-state index in [2.05, 4.69) is 24.1 Å². The van der Waals surface area contributed by atoms with E-state index in [1.165, 1.54) is 32.1 Å². The quantitative estimate of drug-likeness (QED) is 0.0627. The molecule has 3 aliphatic heterocycles. The highest BCUT2D eigenvalue weighted by Crippen LogP contribution is 2.45. The van der Waals surface area contributed by atoms with Crippen LogP contribution in [0.25, 0.3) is 0 Å². The van der Waals surface area contributed by atoms with Crippen LogP contribution in [-0.4, -0.2) is 122 Å². The Bertz CT molecular complexity index is 1380. The number of carbonyl (C=O) groups is 2. The highest BCUT2D eigenvalue weighted by molar-refractivity contribution is 5.82. The van der Waals surface area contributed by atoms with Gasteiger partial charge in [-0.2, -0.15) is 0 Å². The lowest BCUT2D eigenvalue weighted by Gasteiger charge is -2.50. The minimum atomic E-state index is -2.20. The van der Waals surface area contributed by atoms with Gasteiger partial charge in [0.15, 0.2) is 24.2 Å². The predicted molar refractivity (Wildman–Crippen MR) is 199 cm³/mol. The maximum atomic E-state index is 12.7. The number of aliphatic hydroxyl groups is 7. The van der Waals surface area contributed by atoms with Crippen molar-refractivity contribution in [3.05, 3.63) is 30.3 Å². The smallest absolute Gasteiger partial charge is 0.297 e. The highest BCUT2D eigenvalue weighted by atomic mass is 16.7. The molecule has 3 aliphatic carbocycles. The van der Waals surface area contributed by atoms with E-state index in [1.54, 1.807) is 6.54 Å². The molecule has 308 valence electrons. The minimum absolute atomic E-state index is 0.00731. The van der Waals surface area contributed by atoms with Gasteiger partial charge in [0.1, 0.15) is 37.0 Å². The summed E-state index contributed by atoms with van der Waals surface area (Å²) in [6.45, 7) is 4.38. The number of allylic oxidation sites excluding steroid dienone is 3. The molecular formula is C41H65N3O11+2. The van der Waals surface area contributed by atoms with E-state index in [0.717, 1.165) is 18.4 Å². The molecule has 0 aromatic carbocycles. The van der Waals surface area contributed by atoms with Gasteiger partial charge in [-0.25, -0.2) is 0 Å². The van der Waals surface area contributed by atoms with Crippen molar-refractivity contribution in [1.82, 2.24) is 0 Å². The number of aliphatic carboxylic acids is 1. The molecule has 6 aliphatic rings. The van der Waals surface area contributed by atoms with Crippen molar-refractivity contribution in [2.75, 3.05) is 13.1 Å². The van der Waals surface area contributed by atoms with Gasteiger partial charge < -0.3 is 60.7 Å². The van der Waals surface area contributed by atoms with Crippen molar-refractivity contribution in [1.29, 1.82) is 0 Å². The normalized spacial score (nSPS) is 40.9. The standard InChI is InChI=1S/C41H63N3O11/c1-23(6-5-9-24-7-3-2-4-8-24)27(18-25-16-17-43-20-25)21-44-22-41(52)37(48)34(47)36(39(50)51)55-40(41)53-29-14-15-30-31(19-29)54-35(38(42)49)32(33(30)46)26-10-12-28(45)13-11-26/h5,9,16-17,20,23-24,26-37,40,44-48,52H,2-4,6-8,10-15,18-19,21-22H2,1H3,(H2-,42,49,50,51)/p+2.